The number of pyridine rings is 1. The summed E-state index contributed by atoms with van der Waals surface area (Å²) in [6.07, 6.45) is 3.21. The van der Waals surface area contributed by atoms with E-state index < -0.39 is 17.7 Å². The van der Waals surface area contributed by atoms with Crippen LogP contribution >= 0.6 is 0 Å². The van der Waals surface area contributed by atoms with E-state index in [1.807, 2.05) is 13.8 Å². The van der Waals surface area contributed by atoms with Gasteiger partial charge in [-0.2, -0.15) is 10.1 Å². The van der Waals surface area contributed by atoms with Crippen LogP contribution < -0.4 is 21.5 Å². The first kappa shape index (κ1) is 26.5. The Morgan fingerprint density at radius 3 is 2.50 bits per heavy atom. The van der Waals surface area contributed by atoms with Crippen molar-refractivity contribution >= 4 is 34.4 Å². The highest BCUT2D eigenvalue weighted by atomic mass is 19.1. The minimum Gasteiger partial charge on any atom is -0.357 e. The molecule has 0 radical (unpaired) electrons. The number of carbonyl (C=O) groups excluding carboxylic acids is 1. The van der Waals surface area contributed by atoms with Crippen LogP contribution in [-0.4, -0.2) is 37.4 Å². The first-order valence-electron chi connectivity index (χ1n) is 12.4. The largest absolute Gasteiger partial charge is 0.357 e. The summed E-state index contributed by atoms with van der Waals surface area (Å²) < 4.78 is 31.7. The second kappa shape index (κ2) is 10.6. The fourth-order valence-corrected chi connectivity index (χ4v) is 4.24. The number of hydrogen-bond donors (Lipinski definition) is 3. The second-order valence-electron chi connectivity index (χ2n) is 9.39. The van der Waals surface area contributed by atoms with Gasteiger partial charge in [0, 0.05) is 49.0 Å². The SMILES string of the molecule is CNc1ncc2cc(-c3ccc(F)c(NC(=O)Nc4cn(C(C)C)nc4-c4cccc(F)c4)c3)c(=O)n(C)c2n1. The molecule has 0 aliphatic rings. The van der Waals surface area contributed by atoms with Crippen molar-refractivity contribution in [3.63, 3.8) is 0 Å². The second-order valence-corrected chi connectivity index (χ2v) is 9.39. The molecule has 3 heterocycles. The lowest BCUT2D eigenvalue weighted by Crippen LogP contribution is -2.21. The Morgan fingerprint density at radius 1 is 1.00 bits per heavy atom. The third-order valence-corrected chi connectivity index (χ3v) is 6.30. The Labute approximate surface area is 227 Å². The average Bonchev–Trinajstić information content (AvgIpc) is 3.36. The highest BCUT2D eigenvalue weighted by molar-refractivity contribution is 6.02. The summed E-state index contributed by atoms with van der Waals surface area (Å²) in [6.45, 7) is 3.83. The molecule has 0 saturated heterocycles. The van der Waals surface area contributed by atoms with E-state index in [4.69, 9.17) is 0 Å². The number of hydrogen-bond acceptors (Lipinski definition) is 6. The van der Waals surface area contributed by atoms with Crippen LogP contribution in [0.25, 0.3) is 33.4 Å². The predicted octanol–water partition coefficient (Wildman–Crippen LogP) is 5.40. The van der Waals surface area contributed by atoms with E-state index in [-0.39, 0.29) is 22.9 Å². The molecule has 0 aliphatic carbocycles. The van der Waals surface area contributed by atoms with Crippen LogP contribution in [0.15, 0.2) is 65.7 Å². The molecule has 3 N–H and O–H groups in total. The third-order valence-electron chi connectivity index (χ3n) is 6.30. The zero-order chi connectivity index (χ0) is 28.6. The number of halogens is 2. The van der Waals surface area contributed by atoms with Crippen molar-refractivity contribution in [2.24, 2.45) is 7.05 Å². The first-order chi connectivity index (χ1) is 19.1. The number of urea groups is 1. The van der Waals surface area contributed by atoms with Gasteiger partial charge in [-0.05, 0) is 49.7 Å². The number of benzene rings is 2. The minimum atomic E-state index is -0.739. The summed E-state index contributed by atoms with van der Waals surface area (Å²) >= 11 is 0. The third kappa shape index (κ3) is 5.10. The van der Waals surface area contributed by atoms with Gasteiger partial charge in [-0.15, -0.1) is 0 Å². The van der Waals surface area contributed by atoms with Gasteiger partial charge in [0.25, 0.3) is 5.56 Å². The number of aryl methyl sites for hydroxylation is 1. The van der Waals surface area contributed by atoms with Crippen molar-refractivity contribution in [1.29, 1.82) is 0 Å². The molecular formula is C28H26F2N8O2. The summed E-state index contributed by atoms with van der Waals surface area (Å²) in [4.78, 5) is 34.7. The molecule has 10 nitrogen and oxygen atoms in total. The number of amides is 2. The Bertz CT molecular complexity index is 1810. The van der Waals surface area contributed by atoms with Crippen molar-refractivity contribution in [2.75, 3.05) is 23.0 Å². The fraction of sp³-hybridized carbons (Fsp3) is 0.179. The van der Waals surface area contributed by atoms with Crippen LogP contribution in [0.4, 0.5) is 30.9 Å². The number of anilines is 3. The van der Waals surface area contributed by atoms with Crippen molar-refractivity contribution < 1.29 is 13.6 Å². The lowest BCUT2D eigenvalue weighted by atomic mass is 10.1. The number of aromatic nitrogens is 5. The van der Waals surface area contributed by atoms with Gasteiger partial charge in [0.2, 0.25) is 5.95 Å². The Morgan fingerprint density at radius 2 is 1.77 bits per heavy atom. The van der Waals surface area contributed by atoms with Crippen molar-refractivity contribution in [3.05, 3.63) is 82.9 Å². The summed E-state index contributed by atoms with van der Waals surface area (Å²) in [5, 5.41) is 13.1. The van der Waals surface area contributed by atoms with Gasteiger partial charge < -0.3 is 16.0 Å². The molecule has 5 aromatic rings. The van der Waals surface area contributed by atoms with E-state index in [0.717, 1.165) is 0 Å². The van der Waals surface area contributed by atoms with Gasteiger partial charge in [-0.1, -0.05) is 18.2 Å². The molecule has 5 rings (SSSR count). The lowest BCUT2D eigenvalue weighted by molar-refractivity contribution is 0.262. The Hall–Kier alpha value is -5.13. The van der Waals surface area contributed by atoms with Crippen LogP contribution in [0, 0.1) is 11.6 Å². The molecule has 0 spiro atoms. The number of fused-ring (bicyclic) bond motifs is 1. The van der Waals surface area contributed by atoms with Crippen LogP contribution in [0.5, 0.6) is 0 Å². The molecule has 40 heavy (non-hydrogen) atoms. The molecule has 0 fully saturated rings. The van der Waals surface area contributed by atoms with E-state index >= 15 is 0 Å². The molecule has 0 unspecified atom stereocenters. The van der Waals surface area contributed by atoms with Gasteiger partial charge in [-0.25, -0.2) is 18.6 Å². The molecule has 0 atom stereocenters. The molecule has 0 bridgehead atoms. The summed E-state index contributed by atoms with van der Waals surface area (Å²) in [7, 11) is 3.26. The molecule has 204 valence electrons. The number of nitrogens with one attached hydrogen (secondary N) is 3. The maximum atomic E-state index is 14.8. The topological polar surface area (TPSA) is 119 Å². The number of nitrogens with zero attached hydrogens (tertiary/aromatic N) is 5. The van der Waals surface area contributed by atoms with Crippen LogP contribution in [0.3, 0.4) is 0 Å². The van der Waals surface area contributed by atoms with E-state index in [1.54, 1.807) is 49.4 Å². The van der Waals surface area contributed by atoms with Crippen LogP contribution in [0.1, 0.15) is 19.9 Å². The van der Waals surface area contributed by atoms with Crippen molar-refractivity contribution in [2.45, 2.75) is 19.9 Å². The predicted molar refractivity (Wildman–Crippen MR) is 150 cm³/mol. The number of rotatable bonds is 6. The number of carbonyl (C=O) groups is 1. The highest BCUT2D eigenvalue weighted by Gasteiger charge is 2.18. The first-order valence-corrected chi connectivity index (χ1v) is 12.4. The van der Waals surface area contributed by atoms with Gasteiger partial charge in [0.15, 0.2) is 0 Å². The summed E-state index contributed by atoms with van der Waals surface area (Å²) in [6, 6.07) is 10.7. The monoisotopic (exact) mass is 544 g/mol. The van der Waals surface area contributed by atoms with Gasteiger partial charge >= 0.3 is 6.03 Å². The molecule has 12 heteroatoms. The van der Waals surface area contributed by atoms with E-state index in [2.05, 4.69) is 31.0 Å². The smallest absolute Gasteiger partial charge is 0.323 e. The van der Waals surface area contributed by atoms with Gasteiger partial charge in [0.05, 0.1) is 11.4 Å². The molecule has 0 aliphatic heterocycles. The molecule has 2 amide bonds. The van der Waals surface area contributed by atoms with Gasteiger partial charge in [-0.3, -0.25) is 14.0 Å². The van der Waals surface area contributed by atoms with Crippen molar-refractivity contribution in [3.8, 4) is 22.4 Å². The Balaban J connectivity index is 1.46. The molecular weight excluding hydrogens is 518 g/mol. The van der Waals surface area contributed by atoms with E-state index in [0.29, 0.717) is 39.5 Å². The lowest BCUT2D eigenvalue weighted by Gasteiger charge is -2.12. The highest BCUT2D eigenvalue weighted by Crippen LogP contribution is 2.29. The maximum Gasteiger partial charge on any atom is 0.323 e. The molecule has 2 aromatic carbocycles. The van der Waals surface area contributed by atoms with E-state index in [1.165, 1.54) is 34.9 Å². The summed E-state index contributed by atoms with van der Waals surface area (Å²) in [5.41, 5.74) is 1.78. The van der Waals surface area contributed by atoms with E-state index in [9.17, 15) is 18.4 Å². The van der Waals surface area contributed by atoms with Crippen molar-refractivity contribution in [1.82, 2.24) is 24.3 Å². The maximum absolute atomic E-state index is 14.8. The standard InChI is InChI=1S/C28H26F2N8O2/c1-15(2)38-14-23(24(36-38)17-6-5-7-19(29)10-17)34-28(40)33-22-12-16(8-9-21(22)30)20-11-18-13-32-27(31-3)35-25(18)37(4)26(20)39/h5-15H,1-4H3,(H,31,32,35)(H2,33,34,40). The van der Waals surface area contributed by atoms with Crippen LogP contribution in [0.2, 0.25) is 0 Å². The quantitative estimate of drug-likeness (QED) is 0.263. The normalized spacial score (nSPS) is 11.2. The van der Waals surface area contributed by atoms with Crippen LogP contribution in [-0.2, 0) is 7.05 Å². The Kier molecular flexibility index (Phi) is 6.99. The van der Waals surface area contributed by atoms with Gasteiger partial charge in [0.1, 0.15) is 23.0 Å². The fourth-order valence-electron chi connectivity index (χ4n) is 4.24. The molecule has 3 aromatic heterocycles. The zero-order valence-corrected chi connectivity index (χ0v) is 22.2. The average molecular weight is 545 g/mol. The molecule has 0 saturated carbocycles. The minimum absolute atomic E-state index is 0.0279. The zero-order valence-electron chi connectivity index (χ0n) is 22.2. The summed E-state index contributed by atoms with van der Waals surface area (Å²) in [5.74, 6) is -0.768.